The molecule has 31 heavy (non-hydrogen) atoms. The molecule has 1 N–H and O–H groups in total. The number of hydrogen-bond acceptors (Lipinski definition) is 5. The van der Waals surface area contributed by atoms with E-state index in [1.165, 1.54) is 0 Å². The third-order valence-corrected chi connectivity index (χ3v) is 5.79. The van der Waals surface area contributed by atoms with Crippen LogP contribution in [-0.4, -0.2) is 33.8 Å². The predicted octanol–water partition coefficient (Wildman–Crippen LogP) is 5.21. The van der Waals surface area contributed by atoms with E-state index in [1.54, 1.807) is 7.11 Å². The number of benzene rings is 2. The molecule has 0 spiro atoms. The number of aromatic nitrogens is 2. The average Bonchev–Trinajstić information content (AvgIpc) is 3.29. The molecule has 1 unspecified atom stereocenters. The van der Waals surface area contributed by atoms with Gasteiger partial charge in [-0.1, -0.05) is 61.0 Å². The summed E-state index contributed by atoms with van der Waals surface area (Å²) < 4.78 is 11.2. The molecule has 2 aromatic carbocycles. The van der Waals surface area contributed by atoms with E-state index in [0.29, 0.717) is 16.8 Å². The minimum atomic E-state index is -0.218. The Labute approximate surface area is 187 Å². The Kier molecular flexibility index (Phi) is 6.32. The van der Waals surface area contributed by atoms with E-state index in [-0.39, 0.29) is 6.04 Å². The lowest BCUT2D eigenvalue weighted by atomic mass is 9.94. The molecular weight excluding hydrogens is 408 g/mol. The van der Waals surface area contributed by atoms with Gasteiger partial charge in [0.05, 0.1) is 18.7 Å². The second-order valence-electron chi connectivity index (χ2n) is 7.45. The molecule has 1 aliphatic heterocycles. The molecule has 6 nitrogen and oxygen atoms in total. The van der Waals surface area contributed by atoms with Crippen molar-refractivity contribution >= 4 is 22.9 Å². The highest BCUT2D eigenvalue weighted by atomic mass is 32.1. The summed E-state index contributed by atoms with van der Waals surface area (Å²) in [6.45, 7) is 5.07. The van der Waals surface area contributed by atoms with Gasteiger partial charge in [-0.25, -0.2) is 0 Å². The highest BCUT2D eigenvalue weighted by Gasteiger charge is 2.34. The van der Waals surface area contributed by atoms with E-state index >= 15 is 0 Å². The van der Waals surface area contributed by atoms with Crippen LogP contribution in [0.4, 0.5) is 0 Å². The summed E-state index contributed by atoms with van der Waals surface area (Å²) in [7, 11) is 1.66. The minimum Gasteiger partial charge on any atom is -0.497 e. The molecule has 1 atom stereocenters. The SMILES string of the molecule is CCCCN1C(=S)NC(c2cccc(OC)c2)C(c2nc(-c3ccccc3)no2)=C1C. The Hall–Kier alpha value is -3.19. The maximum Gasteiger partial charge on any atom is 0.258 e. The van der Waals surface area contributed by atoms with Crippen LogP contribution in [0.25, 0.3) is 17.0 Å². The highest BCUT2D eigenvalue weighted by molar-refractivity contribution is 7.80. The van der Waals surface area contributed by atoms with E-state index in [4.69, 9.17) is 26.5 Å². The third-order valence-electron chi connectivity index (χ3n) is 5.45. The molecule has 0 saturated heterocycles. The molecule has 7 heteroatoms. The lowest BCUT2D eigenvalue weighted by molar-refractivity contribution is 0.395. The van der Waals surface area contributed by atoms with E-state index < -0.39 is 0 Å². The van der Waals surface area contributed by atoms with Crippen molar-refractivity contribution in [2.75, 3.05) is 13.7 Å². The van der Waals surface area contributed by atoms with Gasteiger partial charge in [0.15, 0.2) is 5.11 Å². The summed E-state index contributed by atoms with van der Waals surface area (Å²) in [6, 6.07) is 17.6. The largest absolute Gasteiger partial charge is 0.497 e. The first-order chi connectivity index (χ1) is 15.1. The van der Waals surface area contributed by atoms with Crippen LogP contribution < -0.4 is 10.1 Å². The first-order valence-corrected chi connectivity index (χ1v) is 10.9. The van der Waals surface area contributed by atoms with Crippen LogP contribution in [0.1, 0.15) is 44.2 Å². The zero-order chi connectivity index (χ0) is 21.8. The quantitative estimate of drug-likeness (QED) is 0.512. The number of rotatable bonds is 7. The molecule has 4 rings (SSSR count). The van der Waals surface area contributed by atoms with Gasteiger partial charge in [0.25, 0.3) is 5.89 Å². The lowest BCUT2D eigenvalue weighted by Crippen LogP contribution is -2.46. The zero-order valence-corrected chi connectivity index (χ0v) is 18.8. The number of unbranched alkanes of at least 4 members (excludes halogenated alkanes) is 1. The molecule has 0 aliphatic carbocycles. The van der Waals surface area contributed by atoms with Crippen molar-refractivity contribution in [3.63, 3.8) is 0 Å². The van der Waals surface area contributed by atoms with Crippen LogP contribution in [0.2, 0.25) is 0 Å². The molecule has 0 fully saturated rings. The van der Waals surface area contributed by atoms with Crippen LogP contribution in [0.3, 0.4) is 0 Å². The Bertz CT molecular complexity index is 1090. The van der Waals surface area contributed by atoms with Crippen molar-refractivity contribution < 1.29 is 9.26 Å². The second kappa shape index (κ2) is 9.31. The maximum atomic E-state index is 5.77. The Morgan fingerprint density at radius 1 is 1.16 bits per heavy atom. The first kappa shape index (κ1) is 21.1. The van der Waals surface area contributed by atoms with Crippen molar-refractivity contribution in [1.82, 2.24) is 20.4 Å². The number of allylic oxidation sites excluding steroid dienone is 1. The van der Waals surface area contributed by atoms with E-state index in [9.17, 15) is 0 Å². The van der Waals surface area contributed by atoms with E-state index in [0.717, 1.165) is 47.5 Å². The van der Waals surface area contributed by atoms with Crippen LogP contribution in [0.15, 0.2) is 64.8 Å². The lowest BCUT2D eigenvalue weighted by Gasteiger charge is -2.37. The Morgan fingerprint density at radius 2 is 1.97 bits per heavy atom. The minimum absolute atomic E-state index is 0.218. The molecular formula is C24H26N4O2S. The molecule has 2 heterocycles. The summed E-state index contributed by atoms with van der Waals surface area (Å²) in [5.74, 6) is 1.83. The van der Waals surface area contributed by atoms with Gasteiger partial charge in [-0.05, 0) is 43.3 Å². The van der Waals surface area contributed by atoms with Gasteiger partial charge in [0, 0.05) is 17.8 Å². The van der Waals surface area contributed by atoms with Gasteiger partial charge >= 0.3 is 0 Å². The van der Waals surface area contributed by atoms with Gasteiger partial charge in [0.1, 0.15) is 5.75 Å². The topological polar surface area (TPSA) is 63.4 Å². The molecule has 0 amide bonds. The third kappa shape index (κ3) is 4.32. The monoisotopic (exact) mass is 434 g/mol. The molecule has 160 valence electrons. The van der Waals surface area contributed by atoms with Crippen molar-refractivity contribution in [3.05, 3.63) is 71.7 Å². The normalized spacial score (nSPS) is 16.4. The molecule has 1 aromatic heterocycles. The molecule has 1 aliphatic rings. The molecule has 0 bridgehead atoms. The van der Waals surface area contributed by atoms with Crippen molar-refractivity contribution in [1.29, 1.82) is 0 Å². The van der Waals surface area contributed by atoms with Crippen molar-refractivity contribution in [2.24, 2.45) is 0 Å². The van der Waals surface area contributed by atoms with Crippen LogP contribution in [-0.2, 0) is 0 Å². The number of nitrogens with one attached hydrogen (secondary N) is 1. The predicted molar refractivity (Wildman–Crippen MR) is 125 cm³/mol. The summed E-state index contributed by atoms with van der Waals surface area (Å²) in [6.07, 6.45) is 2.12. The van der Waals surface area contributed by atoms with Crippen LogP contribution >= 0.6 is 12.2 Å². The Balaban J connectivity index is 1.80. The van der Waals surface area contributed by atoms with Crippen LogP contribution in [0.5, 0.6) is 5.75 Å². The number of ether oxygens (including phenoxy) is 1. The summed E-state index contributed by atoms with van der Waals surface area (Å²) in [4.78, 5) is 6.86. The number of nitrogens with zero attached hydrogens (tertiary/aromatic N) is 3. The summed E-state index contributed by atoms with van der Waals surface area (Å²) in [5.41, 5.74) is 3.88. The van der Waals surface area contributed by atoms with Gasteiger partial charge in [0.2, 0.25) is 5.82 Å². The molecule has 3 aromatic rings. The molecule has 0 saturated carbocycles. The number of thiocarbonyl (C=S) groups is 1. The number of hydrogen-bond donors (Lipinski definition) is 1. The molecule has 0 radical (unpaired) electrons. The second-order valence-corrected chi connectivity index (χ2v) is 7.84. The zero-order valence-electron chi connectivity index (χ0n) is 18.0. The van der Waals surface area contributed by atoms with Crippen molar-refractivity contribution in [2.45, 2.75) is 32.7 Å². The summed E-state index contributed by atoms with van der Waals surface area (Å²) >= 11 is 5.72. The first-order valence-electron chi connectivity index (χ1n) is 10.4. The Morgan fingerprint density at radius 3 is 2.71 bits per heavy atom. The fraction of sp³-hybridized carbons (Fsp3) is 0.292. The highest BCUT2D eigenvalue weighted by Crippen LogP contribution is 2.38. The standard InChI is InChI=1S/C24H26N4O2S/c1-4-5-14-28-16(2)20(23-26-22(27-30-23)17-10-7-6-8-11-17)21(25-24(28)31)18-12-9-13-19(15-18)29-3/h6-13,15,21H,4-5,14H2,1-3H3,(H,25,31). The van der Waals surface area contributed by atoms with Gasteiger partial charge in [-0.15, -0.1) is 0 Å². The van der Waals surface area contributed by atoms with Gasteiger partial charge in [-0.2, -0.15) is 4.98 Å². The average molecular weight is 435 g/mol. The smallest absolute Gasteiger partial charge is 0.258 e. The fourth-order valence-corrected chi connectivity index (χ4v) is 4.10. The van der Waals surface area contributed by atoms with Crippen LogP contribution in [0, 0.1) is 0 Å². The summed E-state index contributed by atoms with van der Waals surface area (Å²) in [5, 5.41) is 8.43. The van der Waals surface area contributed by atoms with Gasteiger partial charge in [-0.3, -0.25) is 0 Å². The fourth-order valence-electron chi connectivity index (χ4n) is 3.75. The van der Waals surface area contributed by atoms with Crippen molar-refractivity contribution in [3.8, 4) is 17.1 Å². The maximum absolute atomic E-state index is 5.77. The van der Waals surface area contributed by atoms with Gasteiger partial charge < -0.3 is 19.5 Å². The van der Waals surface area contributed by atoms with E-state index in [1.807, 2.05) is 54.6 Å². The number of methoxy groups -OCH3 is 1. The van der Waals surface area contributed by atoms with E-state index in [2.05, 4.69) is 29.2 Å².